The van der Waals surface area contributed by atoms with Crippen molar-refractivity contribution in [1.82, 2.24) is 18.9 Å². The highest BCUT2D eigenvalue weighted by Gasteiger charge is 2.32. The van der Waals surface area contributed by atoms with Gasteiger partial charge in [-0.3, -0.25) is 18.7 Å². The van der Waals surface area contributed by atoms with Gasteiger partial charge in [-0.25, -0.2) is 9.59 Å². The standard InChI is InChI=1S/C31H36ClN5O6S/c1-42-22-7-8-25-20(17-22)9-14-36(30(40)33-25)21-10-12-34(13-11-21)27(38)19-35-18-24(23-5-4-6-26(43-2)28(23)32)29(39)37(31(35)41)15-16-44-3/h4-8,17-18,21H,9-16,19H2,1-3H3,(H,33,40). The largest absolute Gasteiger partial charge is 0.497 e. The number of hydrogen-bond donors (Lipinski definition) is 1. The van der Waals surface area contributed by atoms with Crippen molar-refractivity contribution in [2.24, 2.45) is 0 Å². The summed E-state index contributed by atoms with van der Waals surface area (Å²) < 4.78 is 13.1. The number of thioether (sulfide) groups is 1. The summed E-state index contributed by atoms with van der Waals surface area (Å²) in [5.41, 5.74) is 1.42. The summed E-state index contributed by atoms with van der Waals surface area (Å²) >= 11 is 8.06. The van der Waals surface area contributed by atoms with E-state index in [1.807, 2.05) is 29.4 Å². The van der Waals surface area contributed by atoms with E-state index in [-0.39, 0.29) is 41.7 Å². The topological polar surface area (TPSA) is 115 Å². The molecule has 1 saturated heterocycles. The van der Waals surface area contributed by atoms with E-state index in [9.17, 15) is 19.2 Å². The number of anilines is 1. The summed E-state index contributed by atoms with van der Waals surface area (Å²) in [6.45, 7) is 1.43. The Kier molecular flexibility index (Phi) is 9.90. The van der Waals surface area contributed by atoms with Crippen LogP contribution in [0.25, 0.3) is 11.1 Å². The van der Waals surface area contributed by atoms with E-state index >= 15 is 0 Å². The summed E-state index contributed by atoms with van der Waals surface area (Å²) in [7, 11) is 3.10. The number of carbonyl (C=O) groups is 2. The van der Waals surface area contributed by atoms with E-state index in [0.29, 0.717) is 56.0 Å². The number of fused-ring (bicyclic) bond motifs is 1. The summed E-state index contributed by atoms with van der Waals surface area (Å²) in [4.78, 5) is 57.0. The minimum absolute atomic E-state index is 0.0202. The number of benzene rings is 2. The van der Waals surface area contributed by atoms with E-state index in [4.69, 9.17) is 21.1 Å². The quantitative estimate of drug-likeness (QED) is 0.378. The summed E-state index contributed by atoms with van der Waals surface area (Å²) in [5.74, 6) is 1.46. The molecule has 3 aromatic rings. The fourth-order valence-electron chi connectivity index (χ4n) is 5.78. The SMILES string of the molecule is COc1ccc2c(c1)CCN(C1CCN(C(=O)Cn3cc(-c4cccc(OC)c4Cl)c(=O)n(CCSC)c3=O)CC1)C(=O)N2. The number of methoxy groups -OCH3 is 2. The van der Waals surface area contributed by atoms with Crippen LogP contribution in [-0.4, -0.2) is 82.8 Å². The lowest BCUT2D eigenvalue weighted by molar-refractivity contribution is -0.133. The first-order chi connectivity index (χ1) is 21.2. The molecule has 0 spiro atoms. The first-order valence-electron chi connectivity index (χ1n) is 14.4. The molecule has 0 unspecified atom stereocenters. The summed E-state index contributed by atoms with van der Waals surface area (Å²) in [5, 5.41) is 3.27. The summed E-state index contributed by atoms with van der Waals surface area (Å²) in [6.07, 6.45) is 5.24. The molecule has 2 aromatic carbocycles. The van der Waals surface area contributed by atoms with Gasteiger partial charge in [0.1, 0.15) is 18.0 Å². The molecule has 2 aliphatic heterocycles. The molecule has 0 radical (unpaired) electrons. The molecular weight excluding hydrogens is 606 g/mol. The number of likely N-dealkylation sites (tertiary alicyclic amines) is 1. The van der Waals surface area contributed by atoms with Crippen molar-refractivity contribution in [3.8, 4) is 22.6 Å². The number of hydrogen-bond acceptors (Lipinski definition) is 7. The molecule has 13 heteroatoms. The van der Waals surface area contributed by atoms with E-state index in [2.05, 4.69) is 5.32 Å². The average molecular weight is 642 g/mol. The van der Waals surface area contributed by atoms with Gasteiger partial charge in [0.2, 0.25) is 5.91 Å². The highest BCUT2D eigenvalue weighted by molar-refractivity contribution is 7.98. The van der Waals surface area contributed by atoms with Gasteiger partial charge in [0.15, 0.2) is 0 Å². The van der Waals surface area contributed by atoms with Crippen LogP contribution < -0.4 is 26.0 Å². The zero-order chi connectivity index (χ0) is 31.4. The second kappa shape index (κ2) is 13.8. The zero-order valence-corrected chi connectivity index (χ0v) is 26.6. The Bertz CT molecular complexity index is 1670. The van der Waals surface area contributed by atoms with Crippen LogP contribution in [0.15, 0.2) is 52.2 Å². The molecule has 0 bridgehead atoms. The lowest BCUT2D eigenvalue weighted by Gasteiger charge is -2.38. The van der Waals surface area contributed by atoms with Gasteiger partial charge in [-0.05, 0) is 55.3 Å². The Balaban J connectivity index is 1.31. The van der Waals surface area contributed by atoms with Crippen molar-refractivity contribution in [3.63, 3.8) is 0 Å². The molecule has 1 aromatic heterocycles. The van der Waals surface area contributed by atoms with Crippen molar-refractivity contribution in [3.05, 3.63) is 74.0 Å². The first-order valence-corrected chi connectivity index (χ1v) is 16.2. The second-order valence-electron chi connectivity index (χ2n) is 10.7. The lowest BCUT2D eigenvalue weighted by Crippen LogP contribution is -2.51. The number of amides is 3. The van der Waals surface area contributed by atoms with E-state index in [0.717, 1.165) is 21.6 Å². The molecule has 44 heavy (non-hydrogen) atoms. The lowest BCUT2D eigenvalue weighted by atomic mass is 10.0. The molecule has 0 aliphatic carbocycles. The number of nitrogens with zero attached hydrogens (tertiary/aromatic N) is 4. The maximum absolute atomic E-state index is 13.5. The first kappa shape index (κ1) is 31.5. The number of aromatic nitrogens is 2. The molecule has 2 aliphatic rings. The van der Waals surface area contributed by atoms with Gasteiger partial charge in [0.05, 0.1) is 24.8 Å². The van der Waals surface area contributed by atoms with Crippen LogP contribution >= 0.6 is 23.4 Å². The van der Waals surface area contributed by atoms with Gasteiger partial charge in [0.25, 0.3) is 5.56 Å². The molecule has 5 rings (SSSR count). The zero-order valence-electron chi connectivity index (χ0n) is 25.0. The van der Waals surface area contributed by atoms with Crippen LogP contribution in [0.3, 0.4) is 0 Å². The molecule has 0 saturated carbocycles. The highest BCUT2D eigenvalue weighted by atomic mass is 35.5. The number of piperidine rings is 1. The van der Waals surface area contributed by atoms with Gasteiger partial charge in [-0.2, -0.15) is 11.8 Å². The van der Waals surface area contributed by atoms with Crippen molar-refractivity contribution in [1.29, 1.82) is 0 Å². The average Bonchev–Trinajstić information content (AvgIpc) is 3.20. The summed E-state index contributed by atoms with van der Waals surface area (Å²) in [6, 6.07) is 10.6. The fourth-order valence-corrected chi connectivity index (χ4v) is 6.45. The predicted molar refractivity (Wildman–Crippen MR) is 172 cm³/mol. The third-order valence-corrected chi connectivity index (χ3v) is 9.21. The number of nitrogens with one attached hydrogen (secondary N) is 1. The number of urea groups is 1. The molecule has 3 amide bonds. The van der Waals surface area contributed by atoms with Crippen molar-refractivity contribution >= 4 is 41.0 Å². The minimum Gasteiger partial charge on any atom is -0.497 e. The number of halogens is 1. The van der Waals surface area contributed by atoms with E-state index in [1.165, 1.54) is 29.6 Å². The number of carbonyl (C=O) groups excluding carboxylic acids is 2. The van der Waals surface area contributed by atoms with Crippen molar-refractivity contribution in [2.45, 2.75) is 38.4 Å². The van der Waals surface area contributed by atoms with Crippen LogP contribution in [0.4, 0.5) is 10.5 Å². The number of rotatable bonds is 9. The molecule has 1 N–H and O–H groups in total. The monoisotopic (exact) mass is 641 g/mol. The van der Waals surface area contributed by atoms with Gasteiger partial charge < -0.3 is 24.6 Å². The van der Waals surface area contributed by atoms with E-state index < -0.39 is 11.2 Å². The second-order valence-corrected chi connectivity index (χ2v) is 12.1. The Morgan fingerprint density at radius 3 is 2.52 bits per heavy atom. The molecule has 0 atom stereocenters. The number of ether oxygens (including phenoxy) is 2. The Labute approximate surface area is 264 Å². The molecule has 234 valence electrons. The maximum atomic E-state index is 13.5. The molecule has 1 fully saturated rings. The van der Waals surface area contributed by atoms with Gasteiger partial charge in [-0.1, -0.05) is 23.7 Å². The van der Waals surface area contributed by atoms with Crippen LogP contribution in [0, 0.1) is 0 Å². The Morgan fingerprint density at radius 2 is 1.82 bits per heavy atom. The van der Waals surface area contributed by atoms with Crippen LogP contribution in [0.1, 0.15) is 18.4 Å². The van der Waals surface area contributed by atoms with Crippen LogP contribution in [0.5, 0.6) is 11.5 Å². The smallest absolute Gasteiger partial charge is 0.331 e. The Morgan fingerprint density at radius 1 is 1.05 bits per heavy atom. The van der Waals surface area contributed by atoms with Crippen molar-refractivity contribution in [2.75, 3.05) is 51.2 Å². The molecule has 3 heterocycles. The van der Waals surface area contributed by atoms with Gasteiger partial charge in [-0.15, -0.1) is 0 Å². The van der Waals surface area contributed by atoms with Crippen molar-refractivity contribution < 1.29 is 19.1 Å². The van der Waals surface area contributed by atoms with Gasteiger partial charge in [0, 0.05) is 55.4 Å². The normalized spacial score (nSPS) is 15.4. The molecular formula is C31H36ClN5O6S. The third-order valence-electron chi connectivity index (χ3n) is 8.23. The highest BCUT2D eigenvalue weighted by Crippen LogP contribution is 2.33. The third kappa shape index (κ3) is 6.46. The predicted octanol–water partition coefficient (Wildman–Crippen LogP) is 3.79. The molecule has 11 nitrogen and oxygen atoms in total. The van der Waals surface area contributed by atoms with Gasteiger partial charge >= 0.3 is 11.7 Å². The minimum atomic E-state index is -0.549. The Hall–Kier alpha value is -3.90. The van der Waals surface area contributed by atoms with Crippen LogP contribution in [-0.2, 0) is 24.3 Å². The maximum Gasteiger partial charge on any atom is 0.331 e. The van der Waals surface area contributed by atoms with E-state index in [1.54, 1.807) is 30.2 Å². The van der Waals surface area contributed by atoms with Crippen LogP contribution in [0.2, 0.25) is 5.02 Å². The fraction of sp³-hybridized carbons (Fsp3) is 0.419.